The molecule has 1 fully saturated rings. The van der Waals surface area contributed by atoms with Crippen LogP contribution in [0.3, 0.4) is 0 Å². The summed E-state index contributed by atoms with van der Waals surface area (Å²) in [6.45, 7) is 4.41. The predicted octanol–water partition coefficient (Wildman–Crippen LogP) is 2.13. The zero-order valence-corrected chi connectivity index (χ0v) is 14.3. The summed E-state index contributed by atoms with van der Waals surface area (Å²) in [4.78, 5) is 13.8. The normalized spacial score (nSPS) is 19.2. The van der Waals surface area contributed by atoms with E-state index in [4.69, 9.17) is 9.47 Å². The molecule has 6 heteroatoms. The van der Waals surface area contributed by atoms with Gasteiger partial charge in [0.25, 0.3) is 0 Å². The van der Waals surface area contributed by atoms with Crippen LogP contribution in [-0.2, 0) is 6.54 Å². The summed E-state index contributed by atoms with van der Waals surface area (Å²) in [6.07, 6.45) is 4.05. The SMILES string of the molecule is CNC(=O)NC1CCN(Cc2ccc3c(c2)OCCCCO3)CC1. The number of hydrogen-bond acceptors (Lipinski definition) is 4. The van der Waals surface area contributed by atoms with Crippen molar-refractivity contribution in [3.8, 4) is 11.5 Å². The first kappa shape index (κ1) is 16.9. The van der Waals surface area contributed by atoms with Crippen molar-refractivity contribution >= 4 is 6.03 Å². The molecule has 2 aliphatic rings. The second-order valence-corrected chi connectivity index (χ2v) is 6.46. The monoisotopic (exact) mass is 333 g/mol. The second-order valence-electron chi connectivity index (χ2n) is 6.46. The van der Waals surface area contributed by atoms with Crippen LogP contribution in [0.2, 0.25) is 0 Å². The quantitative estimate of drug-likeness (QED) is 0.889. The Hall–Kier alpha value is -1.95. The number of amides is 2. The number of fused-ring (bicyclic) bond motifs is 1. The highest BCUT2D eigenvalue weighted by molar-refractivity contribution is 5.73. The van der Waals surface area contributed by atoms with Crippen LogP contribution in [0.1, 0.15) is 31.2 Å². The molecule has 2 aliphatic heterocycles. The minimum atomic E-state index is -0.0905. The van der Waals surface area contributed by atoms with Crippen molar-refractivity contribution in [3.05, 3.63) is 23.8 Å². The van der Waals surface area contributed by atoms with Gasteiger partial charge in [-0.1, -0.05) is 6.07 Å². The fraction of sp³-hybridized carbons (Fsp3) is 0.611. The van der Waals surface area contributed by atoms with E-state index in [9.17, 15) is 4.79 Å². The third-order valence-electron chi connectivity index (χ3n) is 4.62. The zero-order chi connectivity index (χ0) is 16.8. The standard InChI is InChI=1S/C18H27N3O3/c1-19-18(22)20-15-6-8-21(9-7-15)13-14-4-5-16-17(12-14)24-11-3-2-10-23-16/h4-5,12,15H,2-3,6-11,13H2,1H3,(H2,19,20,22). The van der Waals surface area contributed by atoms with E-state index in [0.717, 1.165) is 70.0 Å². The number of rotatable bonds is 3. The molecule has 0 aliphatic carbocycles. The Labute approximate surface area is 143 Å². The van der Waals surface area contributed by atoms with Crippen molar-refractivity contribution in [2.45, 2.75) is 38.3 Å². The van der Waals surface area contributed by atoms with Gasteiger partial charge in [0, 0.05) is 32.7 Å². The summed E-state index contributed by atoms with van der Waals surface area (Å²) in [5.41, 5.74) is 1.25. The average molecular weight is 333 g/mol. The number of nitrogens with zero attached hydrogens (tertiary/aromatic N) is 1. The number of piperidine rings is 1. The lowest BCUT2D eigenvalue weighted by atomic mass is 10.0. The van der Waals surface area contributed by atoms with Crippen molar-refractivity contribution in [1.82, 2.24) is 15.5 Å². The molecule has 132 valence electrons. The van der Waals surface area contributed by atoms with Gasteiger partial charge < -0.3 is 20.1 Å². The number of ether oxygens (including phenoxy) is 2. The van der Waals surface area contributed by atoms with Crippen molar-refractivity contribution in [2.24, 2.45) is 0 Å². The topological polar surface area (TPSA) is 62.8 Å². The van der Waals surface area contributed by atoms with Gasteiger partial charge in [0.05, 0.1) is 13.2 Å². The van der Waals surface area contributed by atoms with Crippen LogP contribution in [0.5, 0.6) is 11.5 Å². The van der Waals surface area contributed by atoms with Gasteiger partial charge in [0.2, 0.25) is 0 Å². The predicted molar refractivity (Wildman–Crippen MR) is 92.6 cm³/mol. The Morgan fingerprint density at radius 3 is 2.58 bits per heavy atom. The van der Waals surface area contributed by atoms with Crippen LogP contribution in [0.25, 0.3) is 0 Å². The third-order valence-corrected chi connectivity index (χ3v) is 4.62. The summed E-state index contributed by atoms with van der Waals surface area (Å²) in [7, 11) is 1.65. The summed E-state index contributed by atoms with van der Waals surface area (Å²) < 4.78 is 11.6. The van der Waals surface area contributed by atoms with Gasteiger partial charge in [-0.25, -0.2) is 4.79 Å². The molecular weight excluding hydrogens is 306 g/mol. The molecule has 0 atom stereocenters. The molecular formula is C18H27N3O3. The van der Waals surface area contributed by atoms with Crippen molar-refractivity contribution in [1.29, 1.82) is 0 Å². The lowest BCUT2D eigenvalue weighted by Crippen LogP contribution is -2.46. The van der Waals surface area contributed by atoms with Gasteiger partial charge in [-0.05, 0) is 43.4 Å². The minimum absolute atomic E-state index is 0.0905. The Kier molecular flexibility index (Phi) is 5.80. The smallest absolute Gasteiger partial charge is 0.314 e. The summed E-state index contributed by atoms with van der Waals surface area (Å²) >= 11 is 0. The summed E-state index contributed by atoms with van der Waals surface area (Å²) in [5, 5.41) is 5.61. The molecule has 2 N–H and O–H groups in total. The fourth-order valence-electron chi connectivity index (χ4n) is 3.20. The molecule has 0 bridgehead atoms. The number of nitrogens with one attached hydrogen (secondary N) is 2. The average Bonchev–Trinajstić information content (AvgIpc) is 2.58. The molecule has 0 aromatic heterocycles. The molecule has 2 heterocycles. The van der Waals surface area contributed by atoms with Gasteiger partial charge in [-0.15, -0.1) is 0 Å². The van der Waals surface area contributed by atoms with E-state index in [-0.39, 0.29) is 12.1 Å². The Morgan fingerprint density at radius 1 is 1.17 bits per heavy atom. The second kappa shape index (κ2) is 8.24. The Balaban J connectivity index is 1.53. The molecule has 2 amide bonds. The minimum Gasteiger partial charge on any atom is -0.490 e. The number of carbonyl (C=O) groups excluding carboxylic acids is 1. The number of likely N-dealkylation sites (tertiary alicyclic amines) is 1. The first-order chi connectivity index (χ1) is 11.7. The molecule has 6 nitrogen and oxygen atoms in total. The van der Waals surface area contributed by atoms with Crippen LogP contribution in [0, 0.1) is 0 Å². The largest absolute Gasteiger partial charge is 0.490 e. The first-order valence-electron chi connectivity index (χ1n) is 8.84. The van der Waals surface area contributed by atoms with Crippen LogP contribution >= 0.6 is 0 Å². The summed E-state index contributed by atoms with van der Waals surface area (Å²) in [5.74, 6) is 1.72. The van der Waals surface area contributed by atoms with Crippen LogP contribution in [0.4, 0.5) is 4.79 Å². The molecule has 0 unspecified atom stereocenters. The highest BCUT2D eigenvalue weighted by Crippen LogP contribution is 2.30. The number of hydrogen-bond donors (Lipinski definition) is 2. The maximum Gasteiger partial charge on any atom is 0.314 e. The molecule has 1 aromatic carbocycles. The van der Waals surface area contributed by atoms with E-state index in [0.29, 0.717) is 0 Å². The number of urea groups is 1. The highest BCUT2D eigenvalue weighted by atomic mass is 16.5. The maximum absolute atomic E-state index is 11.4. The maximum atomic E-state index is 11.4. The lowest BCUT2D eigenvalue weighted by Gasteiger charge is -2.32. The highest BCUT2D eigenvalue weighted by Gasteiger charge is 2.21. The Bertz CT molecular complexity index is 556. The van der Waals surface area contributed by atoms with Crippen molar-refractivity contribution in [2.75, 3.05) is 33.4 Å². The molecule has 24 heavy (non-hydrogen) atoms. The molecule has 1 aromatic rings. The third kappa shape index (κ3) is 4.54. The van der Waals surface area contributed by atoms with Gasteiger partial charge in [0.1, 0.15) is 0 Å². The van der Waals surface area contributed by atoms with Gasteiger partial charge in [-0.3, -0.25) is 4.90 Å². The zero-order valence-electron chi connectivity index (χ0n) is 14.3. The van der Waals surface area contributed by atoms with Crippen LogP contribution in [0.15, 0.2) is 18.2 Å². The molecule has 1 saturated heterocycles. The van der Waals surface area contributed by atoms with Gasteiger partial charge in [0.15, 0.2) is 11.5 Å². The fourth-order valence-corrected chi connectivity index (χ4v) is 3.20. The number of carbonyl (C=O) groups is 1. The molecule has 0 saturated carbocycles. The van der Waals surface area contributed by atoms with E-state index in [2.05, 4.69) is 27.7 Å². The van der Waals surface area contributed by atoms with E-state index in [1.807, 2.05) is 6.07 Å². The Morgan fingerprint density at radius 2 is 1.88 bits per heavy atom. The van der Waals surface area contributed by atoms with E-state index < -0.39 is 0 Å². The molecule has 0 spiro atoms. The number of benzene rings is 1. The van der Waals surface area contributed by atoms with Crippen molar-refractivity contribution in [3.63, 3.8) is 0 Å². The van der Waals surface area contributed by atoms with E-state index >= 15 is 0 Å². The first-order valence-corrected chi connectivity index (χ1v) is 8.84. The van der Waals surface area contributed by atoms with Gasteiger partial charge >= 0.3 is 6.03 Å². The van der Waals surface area contributed by atoms with Crippen LogP contribution in [-0.4, -0.2) is 50.3 Å². The van der Waals surface area contributed by atoms with Gasteiger partial charge in [-0.2, -0.15) is 0 Å². The lowest BCUT2D eigenvalue weighted by molar-refractivity contribution is 0.186. The van der Waals surface area contributed by atoms with E-state index in [1.54, 1.807) is 7.05 Å². The van der Waals surface area contributed by atoms with Crippen LogP contribution < -0.4 is 20.1 Å². The summed E-state index contributed by atoms with van der Waals surface area (Å²) in [6, 6.07) is 6.44. The molecule has 3 rings (SSSR count). The molecule has 0 radical (unpaired) electrons. The van der Waals surface area contributed by atoms with E-state index in [1.165, 1.54) is 5.56 Å². The van der Waals surface area contributed by atoms with Crippen molar-refractivity contribution < 1.29 is 14.3 Å².